The quantitative estimate of drug-likeness (QED) is 0.901. The number of hydrogen-bond acceptors (Lipinski definition) is 3. The van der Waals surface area contributed by atoms with Crippen LogP contribution in [0, 0.1) is 5.92 Å². The summed E-state index contributed by atoms with van der Waals surface area (Å²) in [5.74, 6) is -1.35. The lowest BCUT2D eigenvalue weighted by molar-refractivity contribution is -0.146. The van der Waals surface area contributed by atoms with Crippen LogP contribution in [0.5, 0.6) is 0 Å². The van der Waals surface area contributed by atoms with Gasteiger partial charge in [-0.05, 0) is 32.3 Å². The molecule has 21 heavy (non-hydrogen) atoms. The van der Waals surface area contributed by atoms with Gasteiger partial charge in [0.25, 0.3) is 0 Å². The fourth-order valence-corrected chi connectivity index (χ4v) is 3.13. The molecular weight excluding hydrogens is 270 g/mol. The summed E-state index contributed by atoms with van der Waals surface area (Å²) in [6.45, 7) is 5.22. The van der Waals surface area contributed by atoms with Gasteiger partial charge in [0.1, 0.15) is 0 Å². The zero-order chi connectivity index (χ0) is 15.4. The average Bonchev–Trinajstić information content (AvgIpc) is 2.86. The van der Waals surface area contributed by atoms with E-state index in [9.17, 15) is 14.7 Å². The zero-order valence-corrected chi connectivity index (χ0v) is 12.7. The smallest absolute Gasteiger partial charge is 0.309 e. The van der Waals surface area contributed by atoms with Crippen LogP contribution in [0.15, 0.2) is 12.3 Å². The summed E-state index contributed by atoms with van der Waals surface area (Å²) >= 11 is 0. The predicted octanol–water partition coefficient (Wildman–Crippen LogP) is 2.07. The van der Waals surface area contributed by atoms with E-state index in [4.69, 9.17) is 0 Å². The molecular formula is C15H23N3O3. The highest BCUT2D eigenvalue weighted by atomic mass is 16.4. The standard InChI is InChI=1S/C15H23N3O3/c1-3-10-17-13(19)7-5-6-11(15(20)21)14(17)12-8-9-16-18(12)4-2/h8-9,11,14H,3-7,10H2,1-2H3,(H,20,21). The molecule has 1 aliphatic heterocycles. The van der Waals surface area contributed by atoms with Crippen LogP contribution in [-0.2, 0) is 16.1 Å². The molecule has 1 aromatic rings. The summed E-state index contributed by atoms with van der Waals surface area (Å²) in [6.07, 6.45) is 4.08. The minimum Gasteiger partial charge on any atom is -0.481 e. The second kappa shape index (κ2) is 6.74. The maximum absolute atomic E-state index is 12.4. The van der Waals surface area contributed by atoms with Gasteiger partial charge >= 0.3 is 5.97 Å². The Kier molecular flexibility index (Phi) is 4.98. The molecule has 2 atom stereocenters. The van der Waals surface area contributed by atoms with Gasteiger partial charge in [-0.1, -0.05) is 6.92 Å². The molecule has 1 N–H and O–H groups in total. The molecule has 116 valence electrons. The second-order valence-electron chi connectivity index (χ2n) is 5.44. The minimum absolute atomic E-state index is 0.0504. The van der Waals surface area contributed by atoms with Crippen LogP contribution in [0.25, 0.3) is 0 Å². The van der Waals surface area contributed by atoms with E-state index in [-0.39, 0.29) is 5.91 Å². The van der Waals surface area contributed by atoms with E-state index in [0.717, 1.165) is 12.1 Å². The van der Waals surface area contributed by atoms with Gasteiger partial charge in [-0.3, -0.25) is 14.3 Å². The van der Waals surface area contributed by atoms with Gasteiger partial charge in [0.2, 0.25) is 5.91 Å². The number of carbonyl (C=O) groups is 2. The van der Waals surface area contributed by atoms with Crippen LogP contribution in [-0.4, -0.2) is 38.2 Å². The molecule has 1 aliphatic rings. The SMILES string of the molecule is CCCN1C(=O)CCCC(C(=O)O)C1c1ccnn1CC. The molecule has 1 aromatic heterocycles. The van der Waals surface area contributed by atoms with Crippen molar-refractivity contribution in [3.05, 3.63) is 18.0 Å². The Hall–Kier alpha value is -1.85. The molecule has 6 heteroatoms. The molecule has 0 bridgehead atoms. The minimum atomic E-state index is -0.834. The number of carboxylic acids is 1. The van der Waals surface area contributed by atoms with Crippen molar-refractivity contribution in [2.24, 2.45) is 5.92 Å². The van der Waals surface area contributed by atoms with Gasteiger partial charge in [-0.2, -0.15) is 5.10 Å². The molecule has 0 aromatic carbocycles. The van der Waals surface area contributed by atoms with Crippen molar-refractivity contribution in [2.75, 3.05) is 6.54 Å². The summed E-state index contributed by atoms with van der Waals surface area (Å²) in [5, 5.41) is 13.8. The molecule has 0 spiro atoms. The number of likely N-dealkylation sites (tertiary alicyclic amines) is 1. The van der Waals surface area contributed by atoms with Crippen molar-refractivity contribution in [1.29, 1.82) is 0 Å². The van der Waals surface area contributed by atoms with Crippen molar-refractivity contribution < 1.29 is 14.7 Å². The summed E-state index contributed by atoms with van der Waals surface area (Å²) in [4.78, 5) is 25.8. The van der Waals surface area contributed by atoms with Crippen molar-refractivity contribution in [3.63, 3.8) is 0 Å². The highest BCUT2D eigenvalue weighted by Gasteiger charge is 2.39. The molecule has 0 saturated carbocycles. The first-order chi connectivity index (χ1) is 10.1. The lowest BCUT2D eigenvalue weighted by Crippen LogP contribution is -2.40. The number of carboxylic acid groups (broad SMARTS) is 1. The number of rotatable bonds is 5. The van der Waals surface area contributed by atoms with Crippen LogP contribution in [0.2, 0.25) is 0 Å². The van der Waals surface area contributed by atoms with Crippen molar-refractivity contribution in [1.82, 2.24) is 14.7 Å². The first-order valence-corrected chi connectivity index (χ1v) is 7.64. The second-order valence-corrected chi connectivity index (χ2v) is 5.44. The summed E-state index contributed by atoms with van der Waals surface area (Å²) < 4.78 is 1.79. The summed E-state index contributed by atoms with van der Waals surface area (Å²) in [7, 11) is 0. The lowest BCUT2D eigenvalue weighted by atomic mass is 9.92. The summed E-state index contributed by atoms with van der Waals surface area (Å²) in [5.41, 5.74) is 0.827. The zero-order valence-electron chi connectivity index (χ0n) is 12.7. The third kappa shape index (κ3) is 3.09. The van der Waals surface area contributed by atoms with Gasteiger partial charge in [0.15, 0.2) is 0 Å². The van der Waals surface area contributed by atoms with Crippen molar-refractivity contribution >= 4 is 11.9 Å². The van der Waals surface area contributed by atoms with E-state index in [0.29, 0.717) is 32.4 Å². The molecule has 6 nitrogen and oxygen atoms in total. The summed E-state index contributed by atoms with van der Waals surface area (Å²) in [6, 6.07) is 1.42. The Morgan fingerprint density at radius 2 is 2.24 bits per heavy atom. The molecule has 1 fully saturated rings. The van der Waals surface area contributed by atoms with E-state index in [1.54, 1.807) is 15.8 Å². The van der Waals surface area contributed by atoms with Gasteiger partial charge < -0.3 is 10.0 Å². The van der Waals surface area contributed by atoms with Crippen molar-refractivity contribution in [3.8, 4) is 0 Å². The third-order valence-corrected chi connectivity index (χ3v) is 4.08. The maximum atomic E-state index is 12.4. The molecule has 2 rings (SSSR count). The number of carbonyl (C=O) groups excluding carboxylic acids is 1. The van der Waals surface area contributed by atoms with E-state index in [2.05, 4.69) is 5.10 Å². The topological polar surface area (TPSA) is 75.4 Å². The molecule has 1 saturated heterocycles. The highest BCUT2D eigenvalue weighted by Crippen LogP contribution is 2.36. The van der Waals surface area contributed by atoms with Crippen LogP contribution >= 0.6 is 0 Å². The van der Waals surface area contributed by atoms with Crippen LogP contribution in [0.3, 0.4) is 0 Å². The largest absolute Gasteiger partial charge is 0.481 e. The lowest BCUT2D eigenvalue weighted by Gasteiger charge is -2.33. The third-order valence-electron chi connectivity index (χ3n) is 4.08. The normalized spacial score (nSPS) is 23.1. The average molecular weight is 293 g/mol. The first kappa shape index (κ1) is 15.5. The van der Waals surface area contributed by atoms with Crippen molar-refractivity contribution in [2.45, 2.75) is 52.1 Å². The van der Waals surface area contributed by atoms with Crippen LogP contribution < -0.4 is 0 Å². The number of nitrogens with zero attached hydrogens (tertiary/aromatic N) is 3. The Bertz CT molecular complexity index is 512. The van der Waals surface area contributed by atoms with E-state index in [1.165, 1.54) is 0 Å². The number of aliphatic carboxylic acids is 1. The van der Waals surface area contributed by atoms with E-state index >= 15 is 0 Å². The number of aromatic nitrogens is 2. The monoisotopic (exact) mass is 293 g/mol. The van der Waals surface area contributed by atoms with Crippen LogP contribution in [0.1, 0.15) is 51.3 Å². The molecule has 0 radical (unpaired) electrons. The molecule has 2 heterocycles. The Morgan fingerprint density at radius 1 is 1.48 bits per heavy atom. The highest BCUT2D eigenvalue weighted by molar-refractivity contribution is 5.79. The number of hydrogen-bond donors (Lipinski definition) is 1. The van der Waals surface area contributed by atoms with Gasteiger partial charge in [-0.15, -0.1) is 0 Å². The Balaban J connectivity index is 2.47. The predicted molar refractivity (Wildman–Crippen MR) is 77.6 cm³/mol. The fraction of sp³-hybridized carbons (Fsp3) is 0.667. The van der Waals surface area contributed by atoms with E-state index < -0.39 is 17.9 Å². The number of aryl methyl sites for hydroxylation is 1. The molecule has 0 aliphatic carbocycles. The van der Waals surface area contributed by atoms with Gasteiger partial charge in [0, 0.05) is 25.7 Å². The number of amides is 1. The van der Waals surface area contributed by atoms with Crippen LogP contribution in [0.4, 0.5) is 0 Å². The molecule has 1 amide bonds. The van der Waals surface area contributed by atoms with Gasteiger partial charge in [-0.25, -0.2) is 0 Å². The Labute approximate surface area is 124 Å². The maximum Gasteiger partial charge on any atom is 0.309 e. The first-order valence-electron chi connectivity index (χ1n) is 7.64. The fourth-order valence-electron chi connectivity index (χ4n) is 3.13. The Morgan fingerprint density at radius 3 is 2.86 bits per heavy atom. The van der Waals surface area contributed by atoms with Gasteiger partial charge in [0.05, 0.1) is 17.7 Å². The van der Waals surface area contributed by atoms with E-state index in [1.807, 2.05) is 19.9 Å². The molecule has 2 unspecified atom stereocenters.